The minimum Gasteiger partial charge on any atom is -0.495 e. The normalized spacial score (nSPS) is 14.8. The summed E-state index contributed by atoms with van der Waals surface area (Å²) >= 11 is 0. The molecule has 138 valence electrons. The summed E-state index contributed by atoms with van der Waals surface area (Å²) in [7, 11) is -2.15. The molecule has 3 rings (SSSR count). The third kappa shape index (κ3) is 3.97. The van der Waals surface area contributed by atoms with E-state index in [1.165, 1.54) is 29.6 Å². The van der Waals surface area contributed by atoms with Crippen LogP contribution in [0.4, 0.5) is 10.5 Å². The largest absolute Gasteiger partial charge is 0.495 e. The Morgan fingerprint density at radius 1 is 1.08 bits per heavy atom. The van der Waals surface area contributed by atoms with Gasteiger partial charge in [0.1, 0.15) is 11.5 Å². The molecule has 0 aliphatic carbocycles. The maximum atomic E-state index is 12.7. The molecule has 7 nitrogen and oxygen atoms in total. The quantitative estimate of drug-likeness (QED) is 0.867. The molecule has 0 atom stereocenters. The van der Waals surface area contributed by atoms with Crippen molar-refractivity contribution >= 4 is 21.8 Å². The number of carbonyl (C=O) groups is 1. The minimum atomic E-state index is -3.60. The number of para-hydroxylation sites is 1. The van der Waals surface area contributed by atoms with E-state index < -0.39 is 16.1 Å². The zero-order valence-corrected chi connectivity index (χ0v) is 15.2. The van der Waals surface area contributed by atoms with Gasteiger partial charge in [0, 0.05) is 13.1 Å². The summed E-state index contributed by atoms with van der Waals surface area (Å²) in [6.07, 6.45) is 0.971. The highest BCUT2D eigenvalue weighted by Crippen LogP contribution is 2.30. The molecule has 2 aromatic carbocycles. The number of hydrogen-bond acceptors (Lipinski definition) is 5. The molecule has 1 saturated heterocycles. The second kappa shape index (κ2) is 7.76. The summed E-state index contributed by atoms with van der Waals surface area (Å²) in [5, 5.41) is 2.54. The van der Waals surface area contributed by atoms with Gasteiger partial charge in [0.05, 0.1) is 17.7 Å². The first-order chi connectivity index (χ1) is 12.5. The van der Waals surface area contributed by atoms with Crippen LogP contribution in [0.3, 0.4) is 0 Å². The van der Waals surface area contributed by atoms with Crippen molar-refractivity contribution in [1.82, 2.24) is 4.31 Å². The van der Waals surface area contributed by atoms with Gasteiger partial charge in [-0.3, -0.25) is 5.32 Å². The number of anilines is 1. The van der Waals surface area contributed by atoms with Gasteiger partial charge in [0.25, 0.3) is 0 Å². The van der Waals surface area contributed by atoms with E-state index in [4.69, 9.17) is 9.47 Å². The van der Waals surface area contributed by atoms with Gasteiger partial charge in [-0.05, 0) is 43.2 Å². The molecular weight excluding hydrogens is 356 g/mol. The van der Waals surface area contributed by atoms with Crippen LogP contribution in [0.1, 0.15) is 12.8 Å². The fraction of sp³-hybridized carbons (Fsp3) is 0.278. The monoisotopic (exact) mass is 376 g/mol. The molecule has 1 fully saturated rings. The summed E-state index contributed by atoms with van der Waals surface area (Å²) in [6.45, 7) is 1.01. The van der Waals surface area contributed by atoms with Crippen molar-refractivity contribution in [2.24, 2.45) is 0 Å². The van der Waals surface area contributed by atoms with Crippen LogP contribution in [-0.2, 0) is 10.0 Å². The lowest BCUT2D eigenvalue weighted by Gasteiger charge is -2.17. The average Bonchev–Trinajstić information content (AvgIpc) is 3.18. The number of benzene rings is 2. The SMILES string of the molecule is COc1ccc(S(=O)(=O)N2CCCC2)cc1NC(=O)Oc1ccccc1. The molecular formula is C18H20N2O5S. The van der Waals surface area contributed by atoms with Crippen LogP contribution in [0.15, 0.2) is 53.4 Å². The number of ether oxygens (including phenoxy) is 2. The smallest absolute Gasteiger partial charge is 0.417 e. The molecule has 1 amide bonds. The van der Waals surface area contributed by atoms with Crippen molar-refractivity contribution in [3.05, 3.63) is 48.5 Å². The number of rotatable bonds is 5. The van der Waals surface area contributed by atoms with Crippen molar-refractivity contribution in [1.29, 1.82) is 0 Å². The van der Waals surface area contributed by atoms with Crippen LogP contribution < -0.4 is 14.8 Å². The van der Waals surface area contributed by atoms with E-state index in [2.05, 4.69) is 5.32 Å². The molecule has 0 radical (unpaired) electrons. The van der Waals surface area contributed by atoms with Crippen LogP contribution in [0.25, 0.3) is 0 Å². The minimum absolute atomic E-state index is 0.107. The zero-order chi connectivity index (χ0) is 18.6. The Morgan fingerprint density at radius 3 is 2.42 bits per heavy atom. The van der Waals surface area contributed by atoms with Gasteiger partial charge in [-0.1, -0.05) is 18.2 Å². The van der Waals surface area contributed by atoms with Crippen molar-refractivity contribution < 1.29 is 22.7 Å². The maximum Gasteiger partial charge on any atom is 0.417 e. The molecule has 2 aromatic rings. The first kappa shape index (κ1) is 18.2. The van der Waals surface area contributed by atoms with E-state index in [-0.39, 0.29) is 10.6 Å². The summed E-state index contributed by atoms with van der Waals surface area (Å²) in [5.41, 5.74) is 0.230. The predicted molar refractivity (Wildman–Crippen MR) is 97.1 cm³/mol. The van der Waals surface area contributed by atoms with Crippen molar-refractivity contribution in [2.75, 3.05) is 25.5 Å². The third-order valence-corrected chi connectivity index (χ3v) is 5.96. The topological polar surface area (TPSA) is 84.9 Å². The molecule has 26 heavy (non-hydrogen) atoms. The van der Waals surface area contributed by atoms with Crippen LogP contribution >= 0.6 is 0 Å². The van der Waals surface area contributed by atoms with Crippen molar-refractivity contribution in [2.45, 2.75) is 17.7 Å². The Hall–Kier alpha value is -2.58. The van der Waals surface area contributed by atoms with E-state index in [0.29, 0.717) is 24.6 Å². The Morgan fingerprint density at radius 2 is 1.77 bits per heavy atom. The average molecular weight is 376 g/mol. The standard InChI is InChI=1S/C18H20N2O5S/c1-24-17-10-9-15(26(22,23)20-11-5-6-12-20)13-16(17)19-18(21)25-14-7-3-2-4-8-14/h2-4,7-10,13H,5-6,11-12H2,1H3,(H,19,21). The Bertz CT molecular complexity index is 878. The van der Waals surface area contributed by atoms with Gasteiger partial charge < -0.3 is 9.47 Å². The van der Waals surface area contributed by atoms with Crippen LogP contribution in [0.2, 0.25) is 0 Å². The lowest BCUT2D eigenvalue weighted by molar-refractivity contribution is 0.215. The van der Waals surface area contributed by atoms with Gasteiger partial charge in [0.2, 0.25) is 10.0 Å². The molecule has 1 aliphatic rings. The Kier molecular flexibility index (Phi) is 5.43. The molecule has 8 heteroatoms. The number of nitrogens with zero attached hydrogens (tertiary/aromatic N) is 1. The highest BCUT2D eigenvalue weighted by molar-refractivity contribution is 7.89. The molecule has 0 bridgehead atoms. The van der Waals surface area contributed by atoms with E-state index in [0.717, 1.165) is 12.8 Å². The number of methoxy groups -OCH3 is 1. The summed E-state index contributed by atoms with van der Waals surface area (Å²) in [5.74, 6) is 0.722. The van der Waals surface area contributed by atoms with Gasteiger partial charge >= 0.3 is 6.09 Å². The number of nitrogens with one attached hydrogen (secondary N) is 1. The maximum absolute atomic E-state index is 12.7. The first-order valence-electron chi connectivity index (χ1n) is 8.23. The Labute approximate surface area is 152 Å². The molecule has 0 spiro atoms. The van der Waals surface area contributed by atoms with E-state index in [1.807, 2.05) is 0 Å². The second-order valence-electron chi connectivity index (χ2n) is 5.80. The highest BCUT2D eigenvalue weighted by atomic mass is 32.2. The predicted octanol–water partition coefficient (Wildman–Crippen LogP) is 3.09. The highest BCUT2D eigenvalue weighted by Gasteiger charge is 2.28. The van der Waals surface area contributed by atoms with Gasteiger partial charge in [0.15, 0.2) is 0 Å². The fourth-order valence-corrected chi connectivity index (χ4v) is 4.30. The number of carbonyl (C=O) groups excluding carboxylic acids is 1. The van der Waals surface area contributed by atoms with E-state index >= 15 is 0 Å². The van der Waals surface area contributed by atoms with E-state index in [1.54, 1.807) is 30.3 Å². The van der Waals surface area contributed by atoms with Gasteiger partial charge in [-0.25, -0.2) is 13.2 Å². The zero-order valence-electron chi connectivity index (χ0n) is 14.3. The lowest BCUT2D eigenvalue weighted by Crippen LogP contribution is -2.28. The Balaban J connectivity index is 1.82. The summed E-state index contributed by atoms with van der Waals surface area (Å²) in [4.78, 5) is 12.2. The van der Waals surface area contributed by atoms with Crippen LogP contribution in [-0.4, -0.2) is 39.0 Å². The summed E-state index contributed by atoms with van der Waals surface area (Å²) < 4.78 is 37.2. The molecule has 1 aliphatic heterocycles. The first-order valence-corrected chi connectivity index (χ1v) is 9.67. The second-order valence-corrected chi connectivity index (χ2v) is 7.74. The number of amides is 1. The fourth-order valence-electron chi connectivity index (χ4n) is 2.75. The number of hydrogen-bond donors (Lipinski definition) is 1. The van der Waals surface area contributed by atoms with Crippen LogP contribution in [0.5, 0.6) is 11.5 Å². The van der Waals surface area contributed by atoms with Crippen molar-refractivity contribution in [3.63, 3.8) is 0 Å². The van der Waals surface area contributed by atoms with Gasteiger partial charge in [-0.2, -0.15) is 4.31 Å². The third-order valence-electron chi connectivity index (χ3n) is 4.06. The number of sulfonamides is 1. The molecule has 0 saturated carbocycles. The molecule has 1 N–H and O–H groups in total. The molecule has 0 aromatic heterocycles. The van der Waals surface area contributed by atoms with E-state index in [9.17, 15) is 13.2 Å². The summed E-state index contributed by atoms with van der Waals surface area (Å²) in [6, 6.07) is 13.0. The lowest BCUT2D eigenvalue weighted by atomic mass is 10.3. The van der Waals surface area contributed by atoms with Crippen molar-refractivity contribution in [3.8, 4) is 11.5 Å². The van der Waals surface area contributed by atoms with Crippen LogP contribution in [0, 0.1) is 0 Å². The molecule has 0 unspecified atom stereocenters. The molecule has 1 heterocycles. The van der Waals surface area contributed by atoms with Gasteiger partial charge in [-0.15, -0.1) is 0 Å².